The lowest BCUT2D eigenvalue weighted by Crippen LogP contribution is -1.96. The topological polar surface area (TPSA) is 46.5 Å². The number of carboxylic acids is 1. The zero-order chi connectivity index (χ0) is 13.2. The third kappa shape index (κ3) is 5.16. The standard InChI is InChI=1S/C9H10O3.C6H6/c1-2-12-8-5-3-7(4-6-8)9(10)11;1-2-4-6-5-3-1/h3-6H,2H2,1H3,(H,10,11);1-6H. The number of hydrogen-bond donors (Lipinski definition) is 1. The molecule has 2 aromatic carbocycles. The highest BCUT2D eigenvalue weighted by Gasteiger charge is 2.00. The van der Waals surface area contributed by atoms with Crippen LogP contribution in [0, 0.1) is 0 Å². The predicted octanol–water partition coefficient (Wildman–Crippen LogP) is 3.47. The Morgan fingerprint density at radius 1 is 1.00 bits per heavy atom. The summed E-state index contributed by atoms with van der Waals surface area (Å²) in [7, 11) is 0. The molecule has 3 nitrogen and oxygen atoms in total. The van der Waals surface area contributed by atoms with Crippen molar-refractivity contribution in [2.75, 3.05) is 6.61 Å². The summed E-state index contributed by atoms with van der Waals surface area (Å²) in [4.78, 5) is 10.4. The molecule has 0 aliphatic heterocycles. The van der Waals surface area contributed by atoms with E-state index < -0.39 is 5.97 Å². The van der Waals surface area contributed by atoms with Gasteiger partial charge in [0.1, 0.15) is 5.75 Å². The van der Waals surface area contributed by atoms with E-state index in [0.717, 1.165) is 0 Å². The molecular weight excluding hydrogens is 228 g/mol. The van der Waals surface area contributed by atoms with Crippen molar-refractivity contribution in [3.05, 3.63) is 66.2 Å². The summed E-state index contributed by atoms with van der Waals surface area (Å²) < 4.78 is 5.15. The lowest BCUT2D eigenvalue weighted by atomic mass is 10.2. The summed E-state index contributed by atoms with van der Waals surface area (Å²) in [6, 6.07) is 18.3. The Morgan fingerprint density at radius 2 is 1.44 bits per heavy atom. The summed E-state index contributed by atoms with van der Waals surface area (Å²) in [5, 5.41) is 8.56. The Kier molecular flexibility index (Phi) is 6.04. The summed E-state index contributed by atoms with van der Waals surface area (Å²) in [6.45, 7) is 2.47. The van der Waals surface area contributed by atoms with Crippen molar-refractivity contribution in [1.82, 2.24) is 0 Å². The second kappa shape index (κ2) is 7.90. The van der Waals surface area contributed by atoms with E-state index in [9.17, 15) is 4.79 Å². The van der Waals surface area contributed by atoms with E-state index >= 15 is 0 Å². The lowest BCUT2D eigenvalue weighted by molar-refractivity contribution is 0.0697. The second-order valence-corrected chi connectivity index (χ2v) is 3.42. The zero-order valence-corrected chi connectivity index (χ0v) is 10.2. The van der Waals surface area contributed by atoms with Crippen LogP contribution in [0.4, 0.5) is 0 Å². The van der Waals surface area contributed by atoms with E-state index in [2.05, 4.69) is 0 Å². The molecule has 2 rings (SSSR count). The highest BCUT2D eigenvalue weighted by atomic mass is 16.5. The third-order valence-corrected chi connectivity index (χ3v) is 2.08. The molecule has 0 aromatic heterocycles. The fraction of sp³-hybridized carbons (Fsp3) is 0.133. The van der Waals surface area contributed by atoms with Crippen molar-refractivity contribution in [1.29, 1.82) is 0 Å². The maximum Gasteiger partial charge on any atom is 0.335 e. The summed E-state index contributed by atoms with van der Waals surface area (Å²) in [5.41, 5.74) is 0.276. The Balaban J connectivity index is 0.000000225. The maximum atomic E-state index is 10.4. The number of ether oxygens (including phenoxy) is 1. The fourth-order valence-corrected chi connectivity index (χ4v) is 1.25. The van der Waals surface area contributed by atoms with Crippen molar-refractivity contribution >= 4 is 5.97 Å². The van der Waals surface area contributed by atoms with Gasteiger partial charge >= 0.3 is 5.97 Å². The molecule has 0 spiro atoms. The molecule has 94 valence electrons. The van der Waals surface area contributed by atoms with Crippen molar-refractivity contribution in [3.63, 3.8) is 0 Å². The summed E-state index contributed by atoms with van der Waals surface area (Å²) in [5.74, 6) is -0.222. The van der Waals surface area contributed by atoms with Crippen molar-refractivity contribution in [2.45, 2.75) is 6.92 Å². The molecule has 0 unspecified atom stereocenters. The number of carboxylic acid groups (broad SMARTS) is 1. The molecule has 0 heterocycles. The molecule has 0 fully saturated rings. The van der Waals surface area contributed by atoms with E-state index in [1.54, 1.807) is 12.1 Å². The minimum absolute atomic E-state index is 0.276. The van der Waals surface area contributed by atoms with Gasteiger partial charge in [-0.05, 0) is 31.2 Å². The molecule has 18 heavy (non-hydrogen) atoms. The molecule has 1 N–H and O–H groups in total. The monoisotopic (exact) mass is 244 g/mol. The van der Waals surface area contributed by atoms with E-state index in [4.69, 9.17) is 9.84 Å². The van der Waals surface area contributed by atoms with Crippen LogP contribution >= 0.6 is 0 Å². The van der Waals surface area contributed by atoms with Crippen molar-refractivity contribution in [3.8, 4) is 5.75 Å². The van der Waals surface area contributed by atoms with Crippen LogP contribution in [0.3, 0.4) is 0 Å². The van der Waals surface area contributed by atoms with Gasteiger partial charge in [-0.3, -0.25) is 0 Å². The van der Waals surface area contributed by atoms with Gasteiger partial charge in [-0.15, -0.1) is 0 Å². The minimum Gasteiger partial charge on any atom is -0.494 e. The number of benzene rings is 2. The molecule has 0 aliphatic carbocycles. The van der Waals surface area contributed by atoms with Gasteiger partial charge in [0.25, 0.3) is 0 Å². The fourth-order valence-electron chi connectivity index (χ4n) is 1.25. The van der Waals surface area contributed by atoms with Gasteiger partial charge in [0.05, 0.1) is 12.2 Å². The van der Waals surface area contributed by atoms with Crippen LogP contribution in [0.5, 0.6) is 5.75 Å². The quantitative estimate of drug-likeness (QED) is 0.899. The molecule has 2 aromatic rings. The average Bonchev–Trinajstić information content (AvgIpc) is 2.42. The van der Waals surface area contributed by atoms with Crippen LogP contribution in [0.2, 0.25) is 0 Å². The zero-order valence-electron chi connectivity index (χ0n) is 10.2. The highest BCUT2D eigenvalue weighted by molar-refractivity contribution is 5.87. The molecule has 0 saturated carbocycles. The average molecular weight is 244 g/mol. The van der Waals surface area contributed by atoms with E-state index in [-0.39, 0.29) is 5.56 Å². The largest absolute Gasteiger partial charge is 0.494 e. The Labute approximate surface area is 107 Å². The van der Waals surface area contributed by atoms with Crippen LogP contribution in [-0.2, 0) is 0 Å². The lowest BCUT2D eigenvalue weighted by Gasteiger charge is -2.01. The Hall–Kier alpha value is -2.29. The summed E-state index contributed by atoms with van der Waals surface area (Å²) >= 11 is 0. The van der Waals surface area contributed by atoms with E-state index in [1.807, 2.05) is 43.3 Å². The SMILES string of the molecule is CCOc1ccc(C(=O)O)cc1.c1ccccc1. The van der Waals surface area contributed by atoms with Gasteiger partial charge in [-0.25, -0.2) is 4.79 Å². The molecule has 0 saturated heterocycles. The van der Waals surface area contributed by atoms with Crippen LogP contribution in [0.1, 0.15) is 17.3 Å². The van der Waals surface area contributed by atoms with Gasteiger partial charge < -0.3 is 9.84 Å². The molecule has 0 atom stereocenters. The number of rotatable bonds is 3. The van der Waals surface area contributed by atoms with Gasteiger partial charge in [0.15, 0.2) is 0 Å². The van der Waals surface area contributed by atoms with Gasteiger partial charge in [0, 0.05) is 0 Å². The first-order valence-electron chi connectivity index (χ1n) is 5.70. The van der Waals surface area contributed by atoms with Crippen LogP contribution in [-0.4, -0.2) is 17.7 Å². The summed E-state index contributed by atoms with van der Waals surface area (Å²) in [6.07, 6.45) is 0. The van der Waals surface area contributed by atoms with Crippen LogP contribution in [0.25, 0.3) is 0 Å². The van der Waals surface area contributed by atoms with Crippen molar-refractivity contribution < 1.29 is 14.6 Å². The predicted molar refractivity (Wildman–Crippen MR) is 71.0 cm³/mol. The molecule has 0 aliphatic rings. The highest BCUT2D eigenvalue weighted by Crippen LogP contribution is 2.11. The normalized spacial score (nSPS) is 8.94. The smallest absolute Gasteiger partial charge is 0.335 e. The maximum absolute atomic E-state index is 10.4. The molecule has 0 radical (unpaired) electrons. The first-order valence-corrected chi connectivity index (χ1v) is 5.70. The van der Waals surface area contributed by atoms with E-state index in [0.29, 0.717) is 12.4 Å². The van der Waals surface area contributed by atoms with Gasteiger partial charge in [-0.2, -0.15) is 0 Å². The molecule has 0 amide bonds. The minimum atomic E-state index is -0.918. The van der Waals surface area contributed by atoms with Crippen LogP contribution in [0.15, 0.2) is 60.7 Å². The third-order valence-electron chi connectivity index (χ3n) is 2.08. The number of carbonyl (C=O) groups is 1. The first-order chi connectivity index (χ1) is 8.74. The number of hydrogen-bond acceptors (Lipinski definition) is 2. The number of aromatic carboxylic acids is 1. The second-order valence-electron chi connectivity index (χ2n) is 3.42. The van der Waals surface area contributed by atoms with Gasteiger partial charge in [-0.1, -0.05) is 36.4 Å². The Bertz CT molecular complexity index is 422. The van der Waals surface area contributed by atoms with Gasteiger partial charge in [0.2, 0.25) is 0 Å². The molecular formula is C15H16O3. The molecule has 3 heteroatoms. The van der Waals surface area contributed by atoms with Crippen molar-refractivity contribution in [2.24, 2.45) is 0 Å². The Morgan fingerprint density at radius 3 is 1.78 bits per heavy atom. The van der Waals surface area contributed by atoms with E-state index in [1.165, 1.54) is 12.1 Å². The molecule has 0 bridgehead atoms. The first kappa shape index (κ1) is 13.8. The van der Waals surface area contributed by atoms with Crippen LogP contribution < -0.4 is 4.74 Å².